The molecule has 0 amide bonds. The van der Waals surface area contributed by atoms with Crippen molar-refractivity contribution >= 4 is 43.6 Å². The van der Waals surface area contributed by atoms with Gasteiger partial charge in [-0.3, -0.25) is 0 Å². The predicted octanol–water partition coefficient (Wildman–Crippen LogP) is 13.8. The number of nitrogens with zero attached hydrogens (tertiary/aromatic N) is 2. The minimum atomic E-state index is 0.987. The summed E-state index contributed by atoms with van der Waals surface area (Å²) in [5, 5.41) is 5.05. The second-order valence-corrected chi connectivity index (χ2v) is 14.1. The maximum atomic E-state index is 2.43. The van der Waals surface area contributed by atoms with E-state index in [0.717, 1.165) is 12.1 Å². The molecule has 0 N–H and O–H groups in total. The quantitative estimate of drug-likeness (QED) is 0.166. The van der Waals surface area contributed by atoms with Crippen molar-refractivity contribution in [2.24, 2.45) is 0 Å². The van der Waals surface area contributed by atoms with Crippen molar-refractivity contribution in [3.05, 3.63) is 193 Å². The van der Waals surface area contributed by atoms with Crippen LogP contribution in [-0.2, 0) is 6.42 Å². The van der Waals surface area contributed by atoms with Crippen LogP contribution in [0, 0.1) is 6.92 Å². The summed E-state index contributed by atoms with van der Waals surface area (Å²) in [7, 11) is 0. The third-order valence-corrected chi connectivity index (χ3v) is 11.1. The first kappa shape index (κ1) is 31.1. The van der Waals surface area contributed by atoms with Gasteiger partial charge in [-0.15, -0.1) is 0 Å². The van der Waals surface area contributed by atoms with Crippen LogP contribution in [-0.4, -0.2) is 9.13 Å². The van der Waals surface area contributed by atoms with E-state index in [1.54, 1.807) is 0 Å². The molecule has 2 aromatic heterocycles. The molecule has 10 aromatic rings. The number of fused-ring (bicyclic) bond motifs is 6. The Labute approximate surface area is 309 Å². The number of aromatic nitrogens is 2. The Balaban J connectivity index is 1.08. The van der Waals surface area contributed by atoms with Gasteiger partial charge in [-0.2, -0.15) is 0 Å². The Morgan fingerprint density at radius 3 is 1.64 bits per heavy atom. The minimum absolute atomic E-state index is 0.987. The largest absolute Gasteiger partial charge is 0.309 e. The molecule has 10 rings (SSSR count). The fourth-order valence-electron chi connectivity index (χ4n) is 8.44. The lowest BCUT2D eigenvalue weighted by atomic mass is 9.91. The fraction of sp³-hybridized carbons (Fsp3) is 0.0588. The van der Waals surface area contributed by atoms with E-state index in [0.29, 0.717) is 0 Å². The number of aryl methyl sites for hydroxylation is 2. The van der Waals surface area contributed by atoms with Crippen molar-refractivity contribution < 1.29 is 0 Å². The highest BCUT2D eigenvalue weighted by Gasteiger charge is 2.16. The number of para-hydroxylation sites is 3. The van der Waals surface area contributed by atoms with Gasteiger partial charge < -0.3 is 9.13 Å². The first-order valence-electron chi connectivity index (χ1n) is 18.6. The lowest BCUT2D eigenvalue weighted by Gasteiger charge is -2.14. The highest BCUT2D eigenvalue weighted by Crippen LogP contribution is 2.39. The summed E-state index contributed by atoms with van der Waals surface area (Å²) in [5.74, 6) is 0. The molecule has 2 nitrogen and oxygen atoms in total. The molecule has 0 fully saturated rings. The Kier molecular flexibility index (Phi) is 7.37. The molecular formula is C51H38N2. The molecule has 0 spiro atoms. The van der Waals surface area contributed by atoms with Crippen molar-refractivity contribution in [2.45, 2.75) is 20.3 Å². The van der Waals surface area contributed by atoms with E-state index in [1.807, 2.05) is 0 Å². The summed E-state index contributed by atoms with van der Waals surface area (Å²) in [6.07, 6.45) is 0.987. The van der Waals surface area contributed by atoms with Crippen molar-refractivity contribution in [3.63, 3.8) is 0 Å². The second kappa shape index (κ2) is 12.5. The standard InChI is InChI=1S/C51H38N2/c1-3-35-31-37(23-28-43(35)42-16-8-7-13-34(42)2)36-21-26-41(27-22-36)53-48-19-11-9-17-44(48)46-29-24-39(33-51(46)53)38-25-30-50-47(32-38)45-18-10-12-20-49(45)52(50)40-14-5-4-6-15-40/h4-33H,3H2,1-2H3. The Morgan fingerprint density at radius 2 is 0.887 bits per heavy atom. The molecule has 0 radical (unpaired) electrons. The predicted molar refractivity (Wildman–Crippen MR) is 226 cm³/mol. The van der Waals surface area contributed by atoms with E-state index < -0.39 is 0 Å². The SMILES string of the molecule is CCc1cc(-c2ccc(-n3c4ccccc4c4ccc(-c5ccc6c(c5)c5ccccc5n6-c5ccccc5)cc43)cc2)ccc1-c1ccccc1C. The number of rotatable bonds is 6. The normalized spacial score (nSPS) is 11.7. The number of benzene rings is 8. The van der Waals surface area contributed by atoms with Crippen LogP contribution >= 0.6 is 0 Å². The van der Waals surface area contributed by atoms with Crippen LogP contribution in [0.1, 0.15) is 18.1 Å². The van der Waals surface area contributed by atoms with Crippen LogP contribution in [0.25, 0.3) is 88.4 Å². The van der Waals surface area contributed by atoms with Crippen molar-refractivity contribution in [3.8, 4) is 44.8 Å². The smallest absolute Gasteiger partial charge is 0.0547 e. The molecule has 252 valence electrons. The molecule has 0 aliphatic heterocycles. The van der Waals surface area contributed by atoms with Gasteiger partial charge in [-0.1, -0.05) is 134 Å². The monoisotopic (exact) mass is 678 g/mol. The van der Waals surface area contributed by atoms with E-state index >= 15 is 0 Å². The summed E-state index contributed by atoms with van der Waals surface area (Å²) in [4.78, 5) is 0. The average Bonchev–Trinajstić information content (AvgIpc) is 3.73. The molecule has 0 atom stereocenters. The first-order valence-corrected chi connectivity index (χ1v) is 18.6. The lowest BCUT2D eigenvalue weighted by molar-refractivity contribution is 1.14. The highest BCUT2D eigenvalue weighted by atomic mass is 15.0. The number of hydrogen-bond acceptors (Lipinski definition) is 0. The topological polar surface area (TPSA) is 9.86 Å². The summed E-state index contributed by atoms with van der Waals surface area (Å²) < 4.78 is 4.80. The summed E-state index contributed by atoms with van der Waals surface area (Å²) in [5.41, 5.74) is 17.4. The molecule has 53 heavy (non-hydrogen) atoms. The zero-order chi connectivity index (χ0) is 35.5. The minimum Gasteiger partial charge on any atom is -0.309 e. The van der Waals surface area contributed by atoms with Gasteiger partial charge >= 0.3 is 0 Å². The highest BCUT2D eigenvalue weighted by molar-refractivity contribution is 6.12. The maximum absolute atomic E-state index is 2.43. The Hall–Kier alpha value is -6.64. The summed E-state index contributed by atoms with van der Waals surface area (Å²) in [6.45, 7) is 4.45. The van der Waals surface area contributed by atoms with Gasteiger partial charge in [0.1, 0.15) is 0 Å². The van der Waals surface area contributed by atoms with Crippen molar-refractivity contribution in [1.82, 2.24) is 9.13 Å². The van der Waals surface area contributed by atoms with Gasteiger partial charge in [0.2, 0.25) is 0 Å². The Morgan fingerprint density at radius 1 is 0.358 bits per heavy atom. The van der Waals surface area contributed by atoms with Crippen molar-refractivity contribution in [1.29, 1.82) is 0 Å². The van der Waals surface area contributed by atoms with E-state index in [2.05, 4.69) is 205 Å². The van der Waals surface area contributed by atoms with E-state index in [9.17, 15) is 0 Å². The summed E-state index contributed by atoms with van der Waals surface area (Å²) >= 11 is 0. The average molecular weight is 679 g/mol. The van der Waals surface area contributed by atoms with Crippen molar-refractivity contribution in [2.75, 3.05) is 0 Å². The first-order chi connectivity index (χ1) is 26.2. The molecule has 0 saturated carbocycles. The molecule has 2 heterocycles. The molecule has 0 aliphatic rings. The molecule has 0 unspecified atom stereocenters. The third-order valence-electron chi connectivity index (χ3n) is 11.1. The van der Waals surface area contributed by atoms with E-state index in [4.69, 9.17) is 0 Å². The molecule has 0 bridgehead atoms. The third kappa shape index (κ3) is 5.10. The number of hydrogen-bond donors (Lipinski definition) is 0. The van der Waals surface area contributed by atoms with Crippen LogP contribution in [0.3, 0.4) is 0 Å². The van der Waals surface area contributed by atoms with Gasteiger partial charge in [-0.25, -0.2) is 0 Å². The van der Waals surface area contributed by atoms with Gasteiger partial charge in [0, 0.05) is 32.9 Å². The van der Waals surface area contributed by atoms with E-state index in [1.165, 1.54) is 93.8 Å². The van der Waals surface area contributed by atoms with Gasteiger partial charge in [0.15, 0.2) is 0 Å². The van der Waals surface area contributed by atoms with Crippen LogP contribution in [0.4, 0.5) is 0 Å². The Bertz CT molecular complexity index is 2980. The molecule has 2 heteroatoms. The fourth-order valence-corrected chi connectivity index (χ4v) is 8.44. The summed E-state index contributed by atoms with van der Waals surface area (Å²) in [6, 6.07) is 66.8. The van der Waals surface area contributed by atoms with Gasteiger partial charge in [-0.05, 0) is 112 Å². The van der Waals surface area contributed by atoms with Crippen LogP contribution in [0.15, 0.2) is 182 Å². The maximum Gasteiger partial charge on any atom is 0.0547 e. The van der Waals surface area contributed by atoms with Crippen LogP contribution in [0.2, 0.25) is 0 Å². The molecule has 0 aliphatic carbocycles. The molecular weight excluding hydrogens is 641 g/mol. The van der Waals surface area contributed by atoms with Gasteiger partial charge in [0.05, 0.1) is 22.1 Å². The van der Waals surface area contributed by atoms with Crippen LogP contribution < -0.4 is 0 Å². The molecule has 0 saturated heterocycles. The van der Waals surface area contributed by atoms with Gasteiger partial charge in [0.25, 0.3) is 0 Å². The zero-order valence-corrected chi connectivity index (χ0v) is 29.9. The second-order valence-electron chi connectivity index (χ2n) is 14.1. The molecule has 8 aromatic carbocycles. The zero-order valence-electron chi connectivity index (χ0n) is 29.9. The lowest BCUT2D eigenvalue weighted by Crippen LogP contribution is -1.95. The van der Waals surface area contributed by atoms with E-state index in [-0.39, 0.29) is 0 Å². The van der Waals surface area contributed by atoms with Crippen LogP contribution in [0.5, 0.6) is 0 Å².